The van der Waals surface area contributed by atoms with Gasteiger partial charge in [0.25, 0.3) is 5.91 Å². The molecule has 2 aromatic rings. The summed E-state index contributed by atoms with van der Waals surface area (Å²) in [5.74, 6) is -0.973. The topological polar surface area (TPSA) is 136 Å². The average Bonchev–Trinajstić information content (AvgIpc) is 2.78. The zero-order valence-corrected chi connectivity index (χ0v) is 18.4. The first-order valence-electron chi connectivity index (χ1n) is 10.1. The van der Waals surface area contributed by atoms with Gasteiger partial charge in [-0.3, -0.25) is 14.4 Å². The fourth-order valence-electron chi connectivity index (χ4n) is 3.45. The van der Waals surface area contributed by atoms with Crippen molar-refractivity contribution in [3.8, 4) is 5.75 Å². The fraction of sp³-hybridized carbons (Fsp3) is 0.318. The number of carbonyl (C=O) groups is 3. The van der Waals surface area contributed by atoms with Gasteiger partial charge in [0.15, 0.2) is 12.4 Å². The Balaban J connectivity index is 1.60. The fourth-order valence-corrected chi connectivity index (χ4v) is 4.96. The second-order valence-corrected chi connectivity index (χ2v) is 9.47. The molecular weight excluding hydrogens is 434 g/mol. The van der Waals surface area contributed by atoms with Crippen LogP contribution >= 0.6 is 0 Å². The number of Topliss-reactive ketones (excluding diaryl/α,β-unsaturated/α-hetero) is 1. The molecule has 1 aliphatic heterocycles. The Labute approximate surface area is 186 Å². The molecule has 2 aromatic carbocycles. The van der Waals surface area contributed by atoms with E-state index in [1.807, 2.05) is 0 Å². The third kappa shape index (κ3) is 5.71. The van der Waals surface area contributed by atoms with Crippen molar-refractivity contribution < 1.29 is 27.5 Å². The number of nitrogens with two attached hydrogens (primary N) is 1. The number of sulfonamides is 1. The Morgan fingerprint density at radius 3 is 2.44 bits per heavy atom. The van der Waals surface area contributed by atoms with E-state index < -0.39 is 15.9 Å². The van der Waals surface area contributed by atoms with Crippen LogP contribution < -0.4 is 15.8 Å². The van der Waals surface area contributed by atoms with Crippen molar-refractivity contribution in [3.63, 3.8) is 0 Å². The van der Waals surface area contributed by atoms with Crippen LogP contribution in [0.3, 0.4) is 0 Å². The van der Waals surface area contributed by atoms with E-state index in [0.717, 1.165) is 0 Å². The minimum atomic E-state index is -3.75. The monoisotopic (exact) mass is 459 g/mol. The average molecular weight is 460 g/mol. The summed E-state index contributed by atoms with van der Waals surface area (Å²) in [6.07, 6.45) is 0.741. The molecule has 1 saturated heterocycles. The molecule has 1 aliphatic rings. The van der Waals surface area contributed by atoms with Gasteiger partial charge in [-0.25, -0.2) is 8.42 Å². The van der Waals surface area contributed by atoms with Gasteiger partial charge < -0.3 is 15.8 Å². The van der Waals surface area contributed by atoms with Gasteiger partial charge in [-0.15, -0.1) is 0 Å². The maximum atomic E-state index is 12.9. The van der Waals surface area contributed by atoms with Crippen LogP contribution in [0.15, 0.2) is 53.4 Å². The SMILES string of the molecule is CC(=O)c1cccc(S(=O)(=O)N2CCC(C(=O)Nc3cccc(OCC(N)=O)c3)CC2)c1. The molecule has 10 heteroatoms. The van der Waals surface area contributed by atoms with Gasteiger partial charge in [0, 0.05) is 36.3 Å². The number of anilines is 1. The molecule has 9 nitrogen and oxygen atoms in total. The van der Waals surface area contributed by atoms with E-state index in [2.05, 4.69) is 5.32 Å². The molecule has 1 fully saturated rings. The van der Waals surface area contributed by atoms with Crippen molar-refractivity contribution in [2.75, 3.05) is 25.0 Å². The van der Waals surface area contributed by atoms with Crippen molar-refractivity contribution >= 4 is 33.3 Å². The molecule has 0 aliphatic carbocycles. The van der Waals surface area contributed by atoms with Crippen molar-refractivity contribution in [2.45, 2.75) is 24.7 Å². The molecule has 0 bridgehead atoms. The van der Waals surface area contributed by atoms with E-state index in [0.29, 0.717) is 29.8 Å². The summed E-state index contributed by atoms with van der Waals surface area (Å²) in [4.78, 5) is 35.1. The third-order valence-corrected chi connectivity index (χ3v) is 7.08. The zero-order chi connectivity index (χ0) is 23.3. The minimum absolute atomic E-state index is 0.0703. The molecule has 0 unspecified atom stereocenters. The van der Waals surface area contributed by atoms with E-state index >= 15 is 0 Å². The maximum Gasteiger partial charge on any atom is 0.255 e. The van der Waals surface area contributed by atoms with Gasteiger partial charge in [0.2, 0.25) is 15.9 Å². The van der Waals surface area contributed by atoms with Gasteiger partial charge in [-0.05, 0) is 44.0 Å². The summed E-state index contributed by atoms with van der Waals surface area (Å²) in [6.45, 7) is 1.52. The minimum Gasteiger partial charge on any atom is -0.484 e. The van der Waals surface area contributed by atoms with E-state index in [1.54, 1.807) is 36.4 Å². The molecule has 0 spiro atoms. The van der Waals surface area contributed by atoms with E-state index in [4.69, 9.17) is 10.5 Å². The summed E-state index contributed by atoms with van der Waals surface area (Å²) >= 11 is 0. The summed E-state index contributed by atoms with van der Waals surface area (Å²) < 4.78 is 32.5. The maximum absolute atomic E-state index is 12.9. The van der Waals surface area contributed by atoms with Gasteiger partial charge in [-0.2, -0.15) is 4.31 Å². The molecule has 0 aromatic heterocycles. The quantitative estimate of drug-likeness (QED) is 0.578. The van der Waals surface area contributed by atoms with Crippen LogP contribution in [0.1, 0.15) is 30.1 Å². The van der Waals surface area contributed by atoms with E-state index in [9.17, 15) is 22.8 Å². The molecular formula is C22H25N3O6S. The molecule has 3 N–H and O–H groups in total. The Kier molecular flexibility index (Phi) is 7.26. The molecule has 170 valence electrons. The molecule has 1 heterocycles. The number of ether oxygens (including phenoxy) is 1. The number of nitrogens with zero attached hydrogens (tertiary/aromatic N) is 1. The summed E-state index contributed by atoms with van der Waals surface area (Å²) in [6, 6.07) is 12.6. The lowest BCUT2D eigenvalue weighted by Gasteiger charge is -2.30. The lowest BCUT2D eigenvalue weighted by Crippen LogP contribution is -2.41. The number of primary amides is 1. The number of hydrogen-bond acceptors (Lipinski definition) is 6. The summed E-state index contributed by atoms with van der Waals surface area (Å²) in [5.41, 5.74) is 5.90. The van der Waals surface area contributed by atoms with Crippen LogP contribution in [0.2, 0.25) is 0 Å². The van der Waals surface area contributed by atoms with Crippen molar-refractivity contribution in [2.24, 2.45) is 11.7 Å². The Bertz CT molecular complexity index is 1120. The number of piperidine rings is 1. The van der Waals surface area contributed by atoms with Gasteiger partial charge in [-0.1, -0.05) is 18.2 Å². The van der Waals surface area contributed by atoms with Gasteiger partial charge >= 0.3 is 0 Å². The number of ketones is 1. The van der Waals surface area contributed by atoms with Crippen LogP contribution in [0.4, 0.5) is 5.69 Å². The van der Waals surface area contributed by atoms with E-state index in [-0.39, 0.29) is 42.2 Å². The van der Waals surface area contributed by atoms with Gasteiger partial charge in [0.05, 0.1) is 4.90 Å². The van der Waals surface area contributed by atoms with E-state index in [1.165, 1.54) is 23.4 Å². The summed E-state index contributed by atoms with van der Waals surface area (Å²) in [5, 5.41) is 2.80. The van der Waals surface area contributed by atoms with Crippen LogP contribution in [-0.4, -0.2) is 50.0 Å². The Hall–Kier alpha value is -3.24. The molecule has 32 heavy (non-hydrogen) atoms. The smallest absolute Gasteiger partial charge is 0.255 e. The van der Waals surface area contributed by atoms with Crippen molar-refractivity contribution in [1.82, 2.24) is 4.31 Å². The number of amides is 2. The lowest BCUT2D eigenvalue weighted by atomic mass is 9.97. The Morgan fingerprint density at radius 2 is 1.78 bits per heavy atom. The number of nitrogens with one attached hydrogen (secondary N) is 1. The summed E-state index contributed by atoms with van der Waals surface area (Å²) in [7, 11) is -3.75. The number of carbonyl (C=O) groups excluding carboxylic acids is 3. The number of hydrogen-bond donors (Lipinski definition) is 2. The Morgan fingerprint density at radius 1 is 1.09 bits per heavy atom. The first kappa shape index (κ1) is 23.4. The van der Waals surface area contributed by atoms with Crippen LogP contribution in [0.5, 0.6) is 5.75 Å². The third-order valence-electron chi connectivity index (χ3n) is 5.19. The van der Waals surface area contributed by atoms with Crippen LogP contribution in [0.25, 0.3) is 0 Å². The van der Waals surface area contributed by atoms with Crippen LogP contribution in [-0.2, 0) is 19.6 Å². The van der Waals surface area contributed by atoms with Crippen molar-refractivity contribution in [1.29, 1.82) is 0 Å². The molecule has 0 saturated carbocycles. The molecule has 2 amide bonds. The second kappa shape index (κ2) is 9.92. The molecule has 0 atom stereocenters. The highest BCUT2D eigenvalue weighted by molar-refractivity contribution is 7.89. The predicted octanol–water partition coefficient (Wildman–Crippen LogP) is 1.79. The largest absolute Gasteiger partial charge is 0.484 e. The first-order chi connectivity index (χ1) is 15.2. The second-order valence-electron chi connectivity index (χ2n) is 7.53. The highest BCUT2D eigenvalue weighted by Gasteiger charge is 2.32. The number of rotatable bonds is 8. The highest BCUT2D eigenvalue weighted by Crippen LogP contribution is 2.26. The highest BCUT2D eigenvalue weighted by atomic mass is 32.2. The normalized spacial score (nSPS) is 15.2. The first-order valence-corrected chi connectivity index (χ1v) is 11.5. The standard InChI is InChI=1S/C22H25N3O6S/c1-15(26)17-4-2-7-20(12-17)32(29,30)25-10-8-16(9-11-25)22(28)24-18-5-3-6-19(13-18)31-14-21(23)27/h2-7,12-13,16H,8-11,14H2,1H3,(H2,23,27)(H,24,28). The van der Waals surface area contributed by atoms with Crippen molar-refractivity contribution in [3.05, 3.63) is 54.1 Å². The zero-order valence-electron chi connectivity index (χ0n) is 17.6. The van der Waals surface area contributed by atoms with Gasteiger partial charge in [0.1, 0.15) is 5.75 Å². The lowest BCUT2D eigenvalue weighted by molar-refractivity contribution is -0.121. The van der Waals surface area contributed by atoms with Crippen LogP contribution in [0, 0.1) is 5.92 Å². The molecule has 0 radical (unpaired) electrons. The predicted molar refractivity (Wildman–Crippen MR) is 118 cm³/mol. The molecule has 3 rings (SSSR count). The number of benzene rings is 2.